The third-order valence-electron chi connectivity index (χ3n) is 4.68. The molecule has 3 rings (SSSR count). The Labute approximate surface area is 152 Å². The van der Waals surface area contributed by atoms with Crippen LogP contribution in [0.3, 0.4) is 0 Å². The van der Waals surface area contributed by atoms with Gasteiger partial charge in [0.15, 0.2) is 11.5 Å². The zero-order valence-corrected chi connectivity index (χ0v) is 15.3. The van der Waals surface area contributed by atoms with Crippen LogP contribution in [0.2, 0.25) is 5.02 Å². The number of hydrogen-bond acceptors (Lipinski definition) is 4. The molecular formula is C18H23ClN2O4. The fourth-order valence-electron chi connectivity index (χ4n) is 3.15. The molecular weight excluding hydrogens is 344 g/mol. The second-order valence-corrected chi connectivity index (χ2v) is 6.97. The van der Waals surface area contributed by atoms with Crippen molar-refractivity contribution in [2.24, 2.45) is 5.92 Å². The summed E-state index contributed by atoms with van der Waals surface area (Å²) in [4.78, 5) is 26.9. The van der Waals surface area contributed by atoms with Crippen LogP contribution in [0.15, 0.2) is 12.1 Å². The quantitative estimate of drug-likeness (QED) is 0.869. The molecule has 1 atom stereocenters. The van der Waals surface area contributed by atoms with Crippen LogP contribution >= 0.6 is 11.6 Å². The largest absolute Gasteiger partial charge is 0.493 e. The highest BCUT2D eigenvalue weighted by Gasteiger charge is 2.32. The molecule has 1 aliphatic heterocycles. The number of piperidine rings is 1. The maximum Gasteiger partial charge on any atom is 0.254 e. The average molecular weight is 367 g/mol. The van der Waals surface area contributed by atoms with Crippen molar-refractivity contribution in [2.45, 2.75) is 31.7 Å². The summed E-state index contributed by atoms with van der Waals surface area (Å²) in [5, 5.41) is 3.36. The number of nitrogens with zero attached hydrogens (tertiary/aromatic N) is 1. The van der Waals surface area contributed by atoms with Gasteiger partial charge in [0.25, 0.3) is 5.91 Å². The van der Waals surface area contributed by atoms with E-state index < -0.39 is 0 Å². The molecule has 0 unspecified atom stereocenters. The average Bonchev–Trinajstić information content (AvgIpc) is 3.44. The van der Waals surface area contributed by atoms with E-state index in [4.69, 9.17) is 21.1 Å². The van der Waals surface area contributed by atoms with Crippen LogP contribution in [-0.4, -0.2) is 50.1 Å². The van der Waals surface area contributed by atoms with Gasteiger partial charge < -0.3 is 19.7 Å². The Kier molecular flexibility index (Phi) is 5.37. The van der Waals surface area contributed by atoms with E-state index in [-0.39, 0.29) is 17.7 Å². The number of carbonyl (C=O) groups is 2. The summed E-state index contributed by atoms with van der Waals surface area (Å²) in [6, 6.07) is 3.54. The van der Waals surface area contributed by atoms with Gasteiger partial charge in [0.1, 0.15) is 0 Å². The van der Waals surface area contributed by atoms with Crippen molar-refractivity contribution in [3.05, 3.63) is 22.7 Å². The van der Waals surface area contributed by atoms with E-state index in [2.05, 4.69) is 5.32 Å². The number of rotatable bonds is 5. The molecule has 1 aliphatic carbocycles. The van der Waals surface area contributed by atoms with Crippen LogP contribution in [0.25, 0.3) is 0 Å². The smallest absolute Gasteiger partial charge is 0.254 e. The molecule has 2 fully saturated rings. The normalized spacial score (nSPS) is 20.1. The molecule has 1 N–H and O–H groups in total. The molecule has 0 bridgehead atoms. The number of amides is 2. The molecule has 1 saturated carbocycles. The molecule has 136 valence electrons. The number of methoxy groups -OCH3 is 2. The number of benzene rings is 1. The number of nitrogens with one attached hydrogen (secondary N) is 1. The first-order chi connectivity index (χ1) is 12.0. The number of hydrogen-bond donors (Lipinski definition) is 1. The van der Waals surface area contributed by atoms with Crippen LogP contribution in [0.5, 0.6) is 11.5 Å². The Balaban J connectivity index is 1.73. The van der Waals surface area contributed by atoms with Gasteiger partial charge in [-0.25, -0.2) is 0 Å². The van der Waals surface area contributed by atoms with Crippen molar-refractivity contribution >= 4 is 23.4 Å². The van der Waals surface area contributed by atoms with E-state index in [1.165, 1.54) is 14.2 Å². The number of likely N-dealkylation sites (tertiary alicyclic amines) is 1. The Morgan fingerprint density at radius 1 is 1.20 bits per heavy atom. The molecule has 0 spiro atoms. The van der Waals surface area contributed by atoms with Gasteiger partial charge in [0.05, 0.1) is 25.2 Å². The lowest BCUT2D eigenvalue weighted by Gasteiger charge is -2.32. The fraction of sp³-hybridized carbons (Fsp3) is 0.556. The molecule has 6 nitrogen and oxygen atoms in total. The lowest BCUT2D eigenvalue weighted by molar-refractivity contribution is -0.126. The monoisotopic (exact) mass is 366 g/mol. The summed E-state index contributed by atoms with van der Waals surface area (Å²) in [5.74, 6) is 0.588. The van der Waals surface area contributed by atoms with Gasteiger partial charge in [-0.15, -0.1) is 0 Å². The predicted molar refractivity (Wildman–Crippen MR) is 94.3 cm³/mol. The van der Waals surface area contributed by atoms with Gasteiger partial charge in [-0.3, -0.25) is 9.59 Å². The maximum absolute atomic E-state index is 12.9. The Bertz CT molecular complexity index is 675. The van der Waals surface area contributed by atoms with Gasteiger partial charge >= 0.3 is 0 Å². The summed E-state index contributed by atoms with van der Waals surface area (Å²) >= 11 is 6.20. The lowest BCUT2D eigenvalue weighted by Crippen LogP contribution is -2.45. The molecule has 25 heavy (non-hydrogen) atoms. The summed E-state index contributed by atoms with van der Waals surface area (Å²) in [6.45, 7) is 1.07. The summed E-state index contributed by atoms with van der Waals surface area (Å²) in [5.41, 5.74) is 0.436. The first-order valence-electron chi connectivity index (χ1n) is 8.54. The molecule has 0 radical (unpaired) electrons. The van der Waals surface area contributed by atoms with E-state index in [0.717, 1.165) is 25.7 Å². The summed E-state index contributed by atoms with van der Waals surface area (Å²) in [6.07, 6.45) is 3.75. The second-order valence-electron chi connectivity index (χ2n) is 6.57. The van der Waals surface area contributed by atoms with Crippen LogP contribution in [-0.2, 0) is 4.79 Å². The van der Waals surface area contributed by atoms with Crippen molar-refractivity contribution in [1.82, 2.24) is 10.2 Å². The first-order valence-corrected chi connectivity index (χ1v) is 8.92. The predicted octanol–water partition coefficient (Wildman–Crippen LogP) is 2.49. The van der Waals surface area contributed by atoms with Crippen molar-refractivity contribution in [3.63, 3.8) is 0 Å². The van der Waals surface area contributed by atoms with E-state index in [0.29, 0.717) is 41.2 Å². The van der Waals surface area contributed by atoms with Crippen LogP contribution in [0.4, 0.5) is 0 Å². The standard InChI is InChI=1S/C18H23ClN2O4/c1-24-15-9-12(8-14(19)16(15)25-2)18(23)21-7-3-4-11(10-21)17(22)20-13-5-6-13/h8-9,11,13H,3-7,10H2,1-2H3,(H,20,22)/t11-/m0/s1. The Hall–Kier alpha value is -1.95. The van der Waals surface area contributed by atoms with Gasteiger partial charge in [-0.1, -0.05) is 11.6 Å². The Morgan fingerprint density at radius 3 is 2.60 bits per heavy atom. The first kappa shape index (κ1) is 17.9. The SMILES string of the molecule is COc1cc(C(=O)N2CCC[C@H](C(=O)NC3CC3)C2)cc(Cl)c1OC. The van der Waals surface area contributed by atoms with E-state index in [1.807, 2.05) is 0 Å². The molecule has 2 amide bonds. The zero-order chi connectivity index (χ0) is 18.0. The molecule has 0 aromatic heterocycles. The molecule has 1 saturated heterocycles. The summed E-state index contributed by atoms with van der Waals surface area (Å²) in [7, 11) is 3.00. The van der Waals surface area contributed by atoms with E-state index >= 15 is 0 Å². The topological polar surface area (TPSA) is 67.9 Å². The minimum Gasteiger partial charge on any atom is -0.493 e. The van der Waals surface area contributed by atoms with Gasteiger partial charge in [0.2, 0.25) is 5.91 Å². The van der Waals surface area contributed by atoms with Crippen LogP contribution < -0.4 is 14.8 Å². The third-order valence-corrected chi connectivity index (χ3v) is 4.96. The van der Waals surface area contributed by atoms with Crippen molar-refractivity contribution < 1.29 is 19.1 Å². The lowest BCUT2D eigenvalue weighted by atomic mass is 9.96. The third kappa shape index (κ3) is 4.00. The second kappa shape index (κ2) is 7.52. The van der Waals surface area contributed by atoms with E-state index in [1.54, 1.807) is 17.0 Å². The van der Waals surface area contributed by atoms with Gasteiger partial charge in [0, 0.05) is 24.7 Å². The zero-order valence-electron chi connectivity index (χ0n) is 14.5. The van der Waals surface area contributed by atoms with E-state index in [9.17, 15) is 9.59 Å². The van der Waals surface area contributed by atoms with Crippen molar-refractivity contribution in [1.29, 1.82) is 0 Å². The highest BCUT2D eigenvalue weighted by Crippen LogP contribution is 2.36. The number of ether oxygens (including phenoxy) is 2. The molecule has 1 heterocycles. The van der Waals surface area contributed by atoms with Crippen molar-refractivity contribution in [2.75, 3.05) is 27.3 Å². The molecule has 1 aromatic carbocycles. The highest BCUT2D eigenvalue weighted by molar-refractivity contribution is 6.32. The highest BCUT2D eigenvalue weighted by atomic mass is 35.5. The number of halogens is 1. The van der Waals surface area contributed by atoms with Crippen molar-refractivity contribution in [3.8, 4) is 11.5 Å². The minimum atomic E-state index is -0.147. The fourth-order valence-corrected chi connectivity index (χ4v) is 3.43. The van der Waals surface area contributed by atoms with Gasteiger partial charge in [-0.2, -0.15) is 0 Å². The molecule has 7 heteroatoms. The number of carbonyl (C=O) groups excluding carboxylic acids is 2. The Morgan fingerprint density at radius 2 is 1.96 bits per heavy atom. The van der Waals surface area contributed by atoms with Gasteiger partial charge in [-0.05, 0) is 37.8 Å². The molecule has 1 aromatic rings. The minimum absolute atomic E-state index is 0.0605. The summed E-state index contributed by atoms with van der Waals surface area (Å²) < 4.78 is 10.5. The van der Waals surface area contributed by atoms with Crippen LogP contribution in [0, 0.1) is 5.92 Å². The van der Waals surface area contributed by atoms with Crippen LogP contribution in [0.1, 0.15) is 36.0 Å². The molecule has 2 aliphatic rings. The maximum atomic E-state index is 12.9.